The van der Waals surface area contributed by atoms with Crippen LogP contribution in [0.25, 0.3) is 10.8 Å². The molecule has 4 heteroatoms. The lowest BCUT2D eigenvalue weighted by Crippen LogP contribution is -2.13. The van der Waals surface area contributed by atoms with Gasteiger partial charge in [-0.2, -0.15) is 0 Å². The second-order valence-electron chi connectivity index (χ2n) is 9.69. The molecular weight excluding hydrogens is 472 g/mol. The highest BCUT2D eigenvalue weighted by Gasteiger charge is 2.19. The van der Waals surface area contributed by atoms with E-state index in [-0.39, 0.29) is 0 Å². The van der Waals surface area contributed by atoms with Crippen LogP contribution in [0, 0.1) is 0 Å². The van der Waals surface area contributed by atoms with Crippen LogP contribution in [0.15, 0.2) is 84.9 Å². The quantitative estimate of drug-likeness (QED) is 0.109. The fraction of sp³-hybridized carbons (Fsp3) is 0.294. The highest BCUT2D eigenvalue weighted by Crippen LogP contribution is 2.26. The van der Waals surface area contributed by atoms with Crippen LogP contribution in [-0.2, 0) is 12.8 Å². The van der Waals surface area contributed by atoms with Gasteiger partial charge >= 0.3 is 11.9 Å². The molecule has 0 amide bonds. The summed E-state index contributed by atoms with van der Waals surface area (Å²) >= 11 is 0. The van der Waals surface area contributed by atoms with E-state index in [4.69, 9.17) is 9.47 Å². The summed E-state index contributed by atoms with van der Waals surface area (Å²) in [5.41, 5.74) is 3.27. The van der Waals surface area contributed by atoms with E-state index < -0.39 is 11.9 Å². The van der Waals surface area contributed by atoms with Crippen LogP contribution in [0.3, 0.4) is 0 Å². The van der Waals surface area contributed by atoms with Crippen molar-refractivity contribution in [1.82, 2.24) is 0 Å². The zero-order chi connectivity index (χ0) is 26.7. The van der Waals surface area contributed by atoms with Crippen molar-refractivity contribution in [2.24, 2.45) is 0 Å². The number of unbranched alkanes of at least 4 members (excludes halogenated alkanes) is 4. The second kappa shape index (κ2) is 13.6. The van der Waals surface area contributed by atoms with Gasteiger partial charge in [0.2, 0.25) is 0 Å². The minimum atomic E-state index is -0.460. The summed E-state index contributed by atoms with van der Waals surface area (Å²) in [6.45, 7) is 4.38. The smallest absolute Gasteiger partial charge is 0.344 e. The SMILES string of the molecule is CCCCCc1ccc(OC(=O)c2ccc(C(=O)Oc3ccc(CCCCC)cc3)c3ccccc23)cc1. The third-order valence-electron chi connectivity index (χ3n) is 6.77. The summed E-state index contributed by atoms with van der Waals surface area (Å²) in [4.78, 5) is 26.2. The molecule has 4 rings (SSSR count). The van der Waals surface area contributed by atoms with Gasteiger partial charge in [-0.25, -0.2) is 9.59 Å². The zero-order valence-corrected chi connectivity index (χ0v) is 22.4. The molecule has 0 bridgehead atoms. The van der Waals surface area contributed by atoms with Gasteiger partial charge in [0.15, 0.2) is 0 Å². The summed E-state index contributed by atoms with van der Waals surface area (Å²) in [6.07, 6.45) is 9.14. The molecule has 0 heterocycles. The van der Waals surface area contributed by atoms with Gasteiger partial charge in [0.25, 0.3) is 0 Å². The van der Waals surface area contributed by atoms with Crippen LogP contribution in [0.2, 0.25) is 0 Å². The van der Waals surface area contributed by atoms with Gasteiger partial charge in [-0.3, -0.25) is 0 Å². The minimum Gasteiger partial charge on any atom is -0.423 e. The Balaban J connectivity index is 1.47. The molecule has 0 fully saturated rings. The number of aryl methyl sites for hydroxylation is 2. The van der Waals surface area contributed by atoms with Crippen LogP contribution in [0.5, 0.6) is 11.5 Å². The van der Waals surface area contributed by atoms with Crippen LogP contribution in [0.4, 0.5) is 0 Å². The van der Waals surface area contributed by atoms with E-state index in [9.17, 15) is 9.59 Å². The summed E-state index contributed by atoms with van der Waals surface area (Å²) in [5, 5.41) is 1.30. The second-order valence-corrected chi connectivity index (χ2v) is 9.69. The number of carbonyl (C=O) groups excluding carboxylic acids is 2. The van der Waals surface area contributed by atoms with Crippen LogP contribution in [0.1, 0.15) is 84.2 Å². The molecular formula is C34H36O4. The monoisotopic (exact) mass is 508 g/mol. The molecule has 196 valence electrons. The summed E-state index contributed by atoms with van der Waals surface area (Å²) in [7, 11) is 0. The van der Waals surface area contributed by atoms with Crippen molar-refractivity contribution >= 4 is 22.7 Å². The molecule has 0 saturated carbocycles. The van der Waals surface area contributed by atoms with Crippen molar-refractivity contribution in [3.05, 3.63) is 107 Å². The molecule has 0 spiro atoms. The highest BCUT2D eigenvalue weighted by molar-refractivity contribution is 6.12. The molecule has 4 nitrogen and oxygen atoms in total. The lowest BCUT2D eigenvalue weighted by atomic mass is 9.99. The van der Waals surface area contributed by atoms with Gasteiger partial charge < -0.3 is 9.47 Å². The molecule has 0 atom stereocenters. The van der Waals surface area contributed by atoms with Crippen LogP contribution in [-0.4, -0.2) is 11.9 Å². The normalized spacial score (nSPS) is 10.9. The van der Waals surface area contributed by atoms with Gasteiger partial charge in [-0.15, -0.1) is 0 Å². The molecule has 0 N–H and O–H groups in total. The Morgan fingerprint density at radius 3 is 1.29 bits per heavy atom. The van der Waals surface area contributed by atoms with Crippen molar-refractivity contribution in [1.29, 1.82) is 0 Å². The maximum Gasteiger partial charge on any atom is 0.344 e. The Morgan fingerprint density at radius 2 is 0.921 bits per heavy atom. The largest absolute Gasteiger partial charge is 0.423 e. The number of esters is 2. The molecule has 4 aromatic rings. The summed E-state index contributed by atoms with van der Waals surface area (Å²) < 4.78 is 11.4. The third kappa shape index (κ3) is 7.10. The number of carbonyl (C=O) groups is 2. The Kier molecular flexibility index (Phi) is 9.69. The Hall–Kier alpha value is -3.92. The molecule has 0 unspecified atom stereocenters. The Bertz CT molecular complexity index is 1250. The molecule has 4 aromatic carbocycles. The predicted molar refractivity (Wildman–Crippen MR) is 153 cm³/mol. The molecule has 0 radical (unpaired) electrons. The standard InChI is InChI=1S/C34H36O4/c1-3-5-7-11-25-15-19-27(20-16-25)37-33(35)31-23-24-32(30-14-10-9-13-29(30)31)34(36)38-28-21-17-26(18-22-28)12-8-6-4-2/h9-10,13-24H,3-8,11-12H2,1-2H3. The van der Waals surface area contributed by atoms with Gasteiger partial charge in [-0.1, -0.05) is 88.1 Å². The average molecular weight is 509 g/mol. The fourth-order valence-electron chi connectivity index (χ4n) is 4.59. The highest BCUT2D eigenvalue weighted by atomic mass is 16.5. The maximum absolute atomic E-state index is 13.1. The van der Waals surface area contributed by atoms with Gasteiger partial charge in [0, 0.05) is 0 Å². The van der Waals surface area contributed by atoms with E-state index in [1.807, 2.05) is 72.8 Å². The Labute approximate surface area is 225 Å². The van der Waals surface area contributed by atoms with E-state index in [0.29, 0.717) is 33.4 Å². The number of hydrogen-bond donors (Lipinski definition) is 0. The first-order valence-corrected chi connectivity index (χ1v) is 13.7. The van der Waals surface area contributed by atoms with Crippen molar-refractivity contribution in [2.45, 2.75) is 65.2 Å². The molecule has 0 aliphatic rings. The van der Waals surface area contributed by atoms with Gasteiger partial charge in [0.05, 0.1) is 11.1 Å². The van der Waals surface area contributed by atoms with Crippen LogP contribution < -0.4 is 9.47 Å². The van der Waals surface area contributed by atoms with Crippen molar-refractivity contribution in [3.63, 3.8) is 0 Å². The first-order chi connectivity index (χ1) is 18.6. The van der Waals surface area contributed by atoms with E-state index in [0.717, 1.165) is 25.7 Å². The minimum absolute atomic E-state index is 0.403. The third-order valence-corrected chi connectivity index (χ3v) is 6.77. The lowest BCUT2D eigenvalue weighted by molar-refractivity contribution is 0.0723. The molecule has 0 aromatic heterocycles. The number of fused-ring (bicyclic) bond motifs is 1. The van der Waals surface area contributed by atoms with Crippen molar-refractivity contribution < 1.29 is 19.1 Å². The lowest BCUT2D eigenvalue weighted by Gasteiger charge is -2.12. The molecule has 0 aliphatic carbocycles. The van der Waals surface area contributed by atoms with E-state index >= 15 is 0 Å². The van der Waals surface area contributed by atoms with Crippen molar-refractivity contribution in [3.8, 4) is 11.5 Å². The van der Waals surface area contributed by atoms with E-state index in [2.05, 4.69) is 13.8 Å². The first-order valence-electron chi connectivity index (χ1n) is 13.7. The topological polar surface area (TPSA) is 52.6 Å². The van der Waals surface area contributed by atoms with Crippen molar-refractivity contribution in [2.75, 3.05) is 0 Å². The number of rotatable bonds is 12. The predicted octanol–water partition coefficient (Wildman–Crippen LogP) is 8.74. The summed E-state index contributed by atoms with van der Waals surface area (Å²) in [5.74, 6) is 0.0805. The fourth-order valence-corrected chi connectivity index (χ4v) is 4.59. The molecule has 0 aliphatic heterocycles. The molecule has 0 saturated heterocycles. The van der Waals surface area contributed by atoms with E-state index in [1.165, 1.54) is 36.8 Å². The maximum atomic E-state index is 13.1. The van der Waals surface area contributed by atoms with Gasteiger partial charge in [0.1, 0.15) is 11.5 Å². The Morgan fingerprint density at radius 1 is 0.526 bits per heavy atom. The first kappa shape index (κ1) is 27.1. The summed E-state index contributed by atoms with van der Waals surface area (Å²) in [6, 6.07) is 26.0. The number of benzene rings is 4. The number of ether oxygens (including phenoxy) is 2. The molecule has 38 heavy (non-hydrogen) atoms. The number of hydrogen-bond acceptors (Lipinski definition) is 4. The zero-order valence-electron chi connectivity index (χ0n) is 22.4. The van der Waals surface area contributed by atoms with Gasteiger partial charge in [-0.05, 0) is 84.0 Å². The average Bonchev–Trinajstić information content (AvgIpc) is 2.94. The van der Waals surface area contributed by atoms with E-state index in [1.54, 1.807) is 12.1 Å². The van der Waals surface area contributed by atoms with Crippen LogP contribution >= 0.6 is 0 Å².